The van der Waals surface area contributed by atoms with E-state index in [1.807, 2.05) is 4.90 Å². The van der Waals surface area contributed by atoms with Gasteiger partial charge in [0.15, 0.2) is 5.75 Å². The minimum Gasteiger partial charge on any atom is -0.507 e. The SMILES string of the molecule is CC(C)(C)C1Oc2c(Cl)c(-c3c(O)cccc3F)nc(N3CCC4(COC4)C3)c2C(=O)N2CCNC[C@H]12. The summed E-state index contributed by atoms with van der Waals surface area (Å²) in [6.45, 7) is 10.7. The lowest BCUT2D eigenvalue weighted by Crippen LogP contribution is -2.61. The molecule has 1 unspecified atom stereocenters. The first-order valence-corrected chi connectivity index (χ1v) is 13.2. The molecule has 198 valence electrons. The van der Waals surface area contributed by atoms with E-state index in [2.05, 4.69) is 31.0 Å². The van der Waals surface area contributed by atoms with E-state index in [4.69, 9.17) is 26.1 Å². The topological polar surface area (TPSA) is 87.2 Å². The minimum absolute atomic E-state index is 0.0225. The molecule has 0 radical (unpaired) electrons. The average Bonchev–Trinajstić information content (AvgIpc) is 3.24. The van der Waals surface area contributed by atoms with Crippen molar-refractivity contribution < 1.29 is 23.8 Å². The zero-order valence-electron chi connectivity index (χ0n) is 21.3. The summed E-state index contributed by atoms with van der Waals surface area (Å²) in [6.07, 6.45) is 0.521. The molecule has 1 aromatic carbocycles. The van der Waals surface area contributed by atoms with Gasteiger partial charge in [-0.1, -0.05) is 38.4 Å². The maximum Gasteiger partial charge on any atom is 0.261 e. The van der Waals surface area contributed by atoms with Crippen LogP contribution in [0.5, 0.6) is 11.5 Å². The van der Waals surface area contributed by atoms with Gasteiger partial charge in [-0.05, 0) is 18.6 Å². The Kier molecular flexibility index (Phi) is 5.82. The van der Waals surface area contributed by atoms with Gasteiger partial charge in [0.2, 0.25) is 0 Å². The second kappa shape index (κ2) is 8.71. The molecule has 4 aliphatic rings. The third-order valence-electron chi connectivity index (χ3n) is 8.06. The van der Waals surface area contributed by atoms with Gasteiger partial charge in [-0.25, -0.2) is 9.37 Å². The number of hydrogen-bond donors (Lipinski definition) is 2. The number of ether oxygens (including phenoxy) is 2. The van der Waals surface area contributed by atoms with Gasteiger partial charge >= 0.3 is 0 Å². The largest absolute Gasteiger partial charge is 0.507 e. The van der Waals surface area contributed by atoms with Crippen LogP contribution in [0.1, 0.15) is 37.6 Å². The van der Waals surface area contributed by atoms with Gasteiger partial charge in [0, 0.05) is 43.6 Å². The van der Waals surface area contributed by atoms with Crippen molar-refractivity contribution in [2.24, 2.45) is 10.8 Å². The predicted octanol–water partition coefficient (Wildman–Crippen LogP) is 3.69. The Balaban J connectivity index is 1.59. The van der Waals surface area contributed by atoms with Crippen LogP contribution in [0, 0.1) is 16.6 Å². The van der Waals surface area contributed by atoms with Crippen molar-refractivity contribution in [3.8, 4) is 22.8 Å². The van der Waals surface area contributed by atoms with Crippen LogP contribution in [0.25, 0.3) is 11.3 Å². The van der Waals surface area contributed by atoms with Crippen LogP contribution in [0.3, 0.4) is 0 Å². The quantitative estimate of drug-likeness (QED) is 0.612. The number of nitrogens with one attached hydrogen (secondary N) is 1. The summed E-state index contributed by atoms with van der Waals surface area (Å²) in [4.78, 5) is 23.0. The number of pyridine rings is 1. The number of aromatic nitrogens is 1. The van der Waals surface area contributed by atoms with Gasteiger partial charge in [0.1, 0.15) is 39.8 Å². The third-order valence-corrected chi connectivity index (χ3v) is 8.41. The van der Waals surface area contributed by atoms with Crippen LogP contribution in [0.15, 0.2) is 18.2 Å². The number of phenolic OH excluding ortho intramolecular Hbond substituents is 1. The van der Waals surface area contributed by atoms with E-state index in [-0.39, 0.29) is 56.7 Å². The zero-order valence-corrected chi connectivity index (χ0v) is 22.1. The molecule has 1 aromatic heterocycles. The van der Waals surface area contributed by atoms with E-state index in [0.717, 1.165) is 6.42 Å². The van der Waals surface area contributed by atoms with Crippen molar-refractivity contribution in [3.63, 3.8) is 0 Å². The first-order chi connectivity index (χ1) is 17.6. The summed E-state index contributed by atoms with van der Waals surface area (Å²) in [7, 11) is 0. The monoisotopic (exact) mass is 530 g/mol. The lowest BCUT2D eigenvalue weighted by molar-refractivity contribution is -0.0985. The molecule has 37 heavy (non-hydrogen) atoms. The molecule has 10 heteroatoms. The number of hydrogen-bond acceptors (Lipinski definition) is 7. The summed E-state index contributed by atoms with van der Waals surface area (Å²) in [5.41, 5.74) is -0.0489. The summed E-state index contributed by atoms with van der Waals surface area (Å²) in [6, 6.07) is 3.86. The average molecular weight is 531 g/mol. The highest BCUT2D eigenvalue weighted by Crippen LogP contribution is 2.49. The maximum atomic E-state index is 15.1. The first-order valence-electron chi connectivity index (χ1n) is 12.8. The van der Waals surface area contributed by atoms with E-state index in [1.165, 1.54) is 18.2 Å². The molecule has 0 saturated carbocycles. The van der Waals surface area contributed by atoms with Crippen LogP contribution >= 0.6 is 11.6 Å². The number of rotatable bonds is 2. The number of fused-ring (bicyclic) bond motifs is 2. The van der Waals surface area contributed by atoms with Crippen LogP contribution in [0.4, 0.5) is 10.2 Å². The standard InChI is InChI=1S/C27H32ClFN4O4/c1-26(2,3)23-16-11-30-8-10-33(16)25(35)19-22(37-23)20(28)21(18-15(29)5-4-6-17(18)34)31-24(19)32-9-7-27(12-32)13-36-14-27/h4-6,16,23,30,34H,7-14H2,1-3H3/t16-,23?/m1/s1. The number of nitrogens with zero attached hydrogens (tertiary/aromatic N) is 3. The number of aromatic hydroxyl groups is 1. The number of carbonyl (C=O) groups excluding carboxylic acids is 1. The van der Waals surface area contributed by atoms with Gasteiger partial charge < -0.3 is 29.7 Å². The molecule has 1 amide bonds. The normalized spacial score (nSPS) is 24.8. The van der Waals surface area contributed by atoms with Crippen molar-refractivity contribution >= 4 is 23.3 Å². The third kappa shape index (κ3) is 3.94. The molecule has 0 bridgehead atoms. The molecule has 2 atom stereocenters. The van der Waals surface area contributed by atoms with E-state index < -0.39 is 5.82 Å². The van der Waals surface area contributed by atoms with Crippen molar-refractivity contribution in [3.05, 3.63) is 34.6 Å². The molecule has 2 N–H and O–H groups in total. The number of anilines is 1. The Hall–Kier alpha value is -2.62. The molecule has 4 aliphatic heterocycles. The second-order valence-electron chi connectivity index (χ2n) is 11.8. The second-order valence-corrected chi connectivity index (χ2v) is 12.2. The number of benzene rings is 1. The van der Waals surface area contributed by atoms with E-state index in [1.54, 1.807) is 0 Å². The molecule has 5 heterocycles. The van der Waals surface area contributed by atoms with Gasteiger partial charge in [-0.2, -0.15) is 0 Å². The fourth-order valence-electron chi connectivity index (χ4n) is 6.07. The van der Waals surface area contributed by atoms with Crippen LogP contribution in [0.2, 0.25) is 5.02 Å². The highest BCUT2D eigenvalue weighted by molar-refractivity contribution is 6.35. The van der Waals surface area contributed by atoms with Crippen molar-refractivity contribution in [1.29, 1.82) is 0 Å². The Morgan fingerprint density at radius 3 is 2.68 bits per heavy atom. The number of carbonyl (C=O) groups is 1. The molecule has 8 nitrogen and oxygen atoms in total. The predicted molar refractivity (Wildman–Crippen MR) is 138 cm³/mol. The van der Waals surface area contributed by atoms with E-state index in [9.17, 15) is 9.90 Å². The van der Waals surface area contributed by atoms with Crippen LogP contribution < -0.4 is 15.0 Å². The lowest BCUT2D eigenvalue weighted by Gasteiger charge is -2.43. The number of piperazine rings is 1. The van der Waals surface area contributed by atoms with Gasteiger partial charge in [0.25, 0.3) is 5.91 Å². The molecule has 3 saturated heterocycles. The molecule has 3 fully saturated rings. The van der Waals surface area contributed by atoms with Gasteiger partial charge in [-0.3, -0.25) is 4.79 Å². The zero-order chi connectivity index (χ0) is 26.1. The Morgan fingerprint density at radius 2 is 2.03 bits per heavy atom. The highest BCUT2D eigenvalue weighted by Gasteiger charge is 2.49. The maximum absolute atomic E-state index is 15.1. The van der Waals surface area contributed by atoms with Crippen molar-refractivity contribution in [1.82, 2.24) is 15.2 Å². The van der Waals surface area contributed by atoms with Crippen LogP contribution in [-0.2, 0) is 4.74 Å². The lowest BCUT2D eigenvalue weighted by atomic mass is 9.83. The van der Waals surface area contributed by atoms with E-state index in [0.29, 0.717) is 57.3 Å². The number of amides is 1. The minimum atomic E-state index is -0.653. The molecular formula is C27H32ClFN4O4. The highest BCUT2D eigenvalue weighted by atomic mass is 35.5. The van der Waals surface area contributed by atoms with Crippen molar-refractivity contribution in [2.45, 2.75) is 39.3 Å². The summed E-state index contributed by atoms with van der Waals surface area (Å²) < 4.78 is 27.3. The van der Waals surface area contributed by atoms with Crippen LogP contribution in [-0.4, -0.2) is 79.0 Å². The molecular weight excluding hydrogens is 499 g/mol. The molecule has 6 rings (SSSR count). The number of halogens is 2. The molecule has 2 aromatic rings. The number of phenols is 1. The summed E-state index contributed by atoms with van der Waals surface area (Å²) in [5, 5.41) is 14.0. The fourth-order valence-corrected chi connectivity index (χ4v) is 6.34. The van der Waals surface area contributed by atoms with Crippen molar-refractivity contribution in [2.75, 3.05) is 50.8 Å². The summed E-state index contributed by atoms with van der Waals surface area (Å²) in [5.74, 6) is -0.501. The van der Waals surface area contributed by atoms with Gasteiger partial charge in [0.05, 0.1) is 24.8 Å². The Morgan fingerprint density at radius 1 is 1.24 bits per heavy atom. The van der Waals surface area contributed by atoms with E-state index >= 15 is 4.39 Å². The first kappa shape index (κ1) is 24.7. The molecule has 0 aliphatic carbocycles. The Labute approximate surface area is 220 Å². The smallest absolute Gasteiger partial charge is 0.261 e. The van der Waals surface area contributed by atoms with Gasteiger partial charge in [-0.15, -0.1) is 0 Å². The Bertz CT molecular complexity index is 1240. The fraction of sp³-hybridized carbons (Fsp3) is 0.556. The molecule has 1 spiro atoms. The summed E-state index contributed by atoms with van der Waals surface area (Å²) >= 11 is 6.94.